The molecule has 15 heteroatoms. The molecule has 4 N–H and O–H groups in total. The zero-order valence-electron chi connectivity index (χ0n) is 26.2. The fourth-order valence-corrected chi connectivity index (χ4v) is 3.98. The quantitative estimate of drug-likeness (QED) is 0.163. The van der Waals surface area contributed by atoms with Gasteiger partial charge in [0.1, 0.15) is 11.5 Å². The van der Waals surface area contributed by atoms with E-state index in [1.54, 1.807) is 75.7 Å². The predicted octanol–water partition coefficient (Wildman–Crippen LogP) is 5.40. The van der Waals surface area contributed by atoms with Crippen LogP contribution >= 0.6 is 18.8 Å². The van der Waals surface area contributed by atoms with Crippen LogP contribution in [0.5, 0.6) is 11.5 Å². The molecule has 0 aliphatic rings. The molecule has 0 saturated heterocycles. The number of ether oxygens (including phenoxy) is 2. The van der Waals surface area contributed by atoms with Crippen molar-refractivity contribution in [2.45, 2.75) is 13.2 Å². The number of pyridine rings is 6. The molecular weight excluding hydrogens is 854 g/mol. The first-order valence-electron chi connectivity index (χ1n) is 14.2. The summed E-state index contributed by atoms with van der Waals surface area (Å²) < 4.78 is 10.2. The van der Waals surface area contributed by atoms with Crippen molar-refractivity contribution in [3.63, 3.8) is 0 Å². The number of aliphatic hydroxyl groups is 2. The number of nitrogens with one attached hydrogen (secondary N) is 2. The Morgan fingerprint density at radius 3 is 1.27 bits per heavy atom. The van der Waals surface area contributed by atoms with Gasteiger partial charge in [0.15, 0.2) is 10.9 Å². The van der Waals surface area contributed by atoms with Gasteiger partial charge < -0.3 is 29.7 Å². The Morgan fingerprint density at radius 2 is 0.939 bits per heavy atom. The Labute approximate surface area is 298 Å². The topological polar surface area (TPSA) is 176 Å². The predicted molar refractivity (Wildman–Crippen MR) is 185 cm³/mol. The first-order chi connectivity index (χ1) is 23.8. The molecule has 0 radical (unpaired) electrons. The van der Waals surface area contributed by atoms with Crippen LogP contribution < -0.4 is 20.3 Å². The van der Waals surface area contributed by atoms with Gasteiger partial charge in [-0.05, 0) is 47.5 Å². The third-order valence-corrected chi connectivity index (χ3v) is 6.31. The fraction of sp³-hybridized carbons (Fsp3) is 0.118. The minimum atomic E-state index is -0.472. The van der Waals surface area contributed by atoms with E-state index in [1.165, 1.54) is 24.3 Å². The van der Waals surface area contributed by atoms with E-state index in [-0.39, 0.29) is 24.1 Å². The molecule has 0 aromatic carbocycles. The van der Waals surface area contributed by atoms with Crippen molar-refractivity contribution in [1.82, 2.24) is 29.9 Å². The molecule has 0 bridgehead atoms. The molecule has 0 amide bonds. The van der Waals surface area contributed by atoms with E-state index in [2.05, 4.69) is 29.9 Å². The van der Waals surface area contributed by atoms with Crippen molar-refractivity contribution < 1.29 is 36.2 Å². The number of rotatable bonds is 7. The van der Waals surface area contributed by atoms with Crippen molar-refractivity contribution in [3.8, 4) is 45.7 Å². The molecule has 0 unspecified atom stereocenters. The fourth-order valence-electron chi connectivity index (χ4n) is 3.98. The van der Waals surface area contributed by atoms with Crippen LogP contribution in [0.4, 0.5) is 0 Å². The zero-order valence-corrected chi connectivity index (χ0v) is 30.0. The SMILES string of the molecule is COc1ccnc(-c2cc(CO)ccn2)c1.COc1ccnc(-c2cc(CO)ccn2)c1.O=c1cc[nH]c(-c2cc(=O)cc[nH]2)c1.[Cl][Pt][Cl]. The number of aromatic nitrogens is 6. The van der Waals surface area contributed by atoms with Gasteiger partial charge in [-0.25, -0.2) is 0 Å². The molecule has 0 aliphatic heterocycles. The summed E-state index contributed by atoms with van der Waals surface area (Å²) in [5.74, 6) is 1.47. The van der Waals surface area contributed by atoms with Crippen molar-refractivity contribution in [3.05, 3.63) is 142 Å². The van der Waals surface area contributed by atoms with Gasteiger partial charge in [0.2, 0.25) is 0 Å². The number of aromatic amines is 2. The van der Waals surface area contributed by atoms with Gasteiger partial charge in [-0.3, -0.25) is 29.5 Å². The van der Waals surface area contributed by atoms with Crippen molar-refractivity contribution in [1.29, 1.82) is 0 Å². The number of methoxy groups -OCH3 is 2. The summed E-state index contributed by atoms with van der Waals surface area (Å²) in [6.07, 6.45) is 9.74. The molecule has 258 valence electrons. The second-order valence-electron chi connectivity index (χ2n) is 9.50. The Kier molecular flexibility index (Phi) is 16.8. The summed E-state index contributed by atoms with van der Waals surface area (Å²) in [4.78, 5) is 44.7. The second-order valence-corrected chi connectivity index (χ2v) is 12.8. The third kappa shape index (κ3) is 13.0. The average molecular weight is 887 g/mol. The summed E-state index contributed by atoms with van der Waals surface area (Å²) >= 11 is -0.472. The summed E-state index contributed by atoms with van der Waals surface area (Å²) in [7, 11) is 13.0. The van der Waals surface area contributed by atoms with Gasteiger partial charge in [0, 0.05) is 73.6 Å². The van der Waals surface area contributed by atoms with Gasteiger partial charge in [0.05, 0.1) is 61.6 Å². The molecule has 49 heavy (non-hydrogen) atoms. The van der Waals surface area contributed by atoms with Gasteiger partial charge >= 0.3 is 35.3 Å². The third-order valence-electron chi connectivity index (χ3n) is 6.31. The molecule has 0 aliphatic carbocycles. The summed E-state index contributed by atoms with van der Waals surface area (Å²) in [5.41, 5.74) is 5.57. The van der Waals surface area contributed by atoms with Crippen LogP contribution in [0.3, 0.4) is 0 Å². The second kappa shape index (κ2) is 21.3. The molecule has 6 heterocycles. The zero-order chi connectivity index (χ0) is 35.4. The Hall–Kier alpha value is -4.71. The summed E-state index contributed by atoms with van der Waals surface area (Å²) in [5, 5.41) is 18.1. The molecule has 6 aromatic rings. The van der Waals surface area contributed by atoms with E-state index in [4.69, 9.17) is 38.5 Å². The monoisotopic (exact) mass is 885 g/mol. The van der Waals surface area contributed by atoms with Crippen LogP contribution in [0.25, 0.3) is 34.2 Å². The van der Waals surface area contributed by atoms with Crippen molar-refractivity contribution in [2.24, 2.45) is 0 Å². The molecule has 0 saturated carbocycles. The maximum absolute atomic E-state index is 11.0. The van der Waals surface area contributed by atoms with Crippen LogP contribution in [0.2, 0.25) is 0 Å². The number of hydrogen-bond acceptors (Lipinski definition) is 10. The number of nitrogens with zero attached hydrogens (tertiary/aromatic N) is 4. The summed E-state index contributed by atoms with van der Waals surface area (Å²) in [6, 6.07) is 20.0. The Morgan fingerprint density at radius 1 is 0.592 bits per heavy atom. The van der Waals surface area contributed by atoms with Crippen LogP contribution in [0, 0.1) is 0 Å². The first kappa shape index (κ1) is 38.7. The number of hydrogen-bond donors (Lipinski definition) is 4. The normalized spacial score (nSPS) is 9.92. The van der Waals surface area contributed by atoms with Gasteiger partial charge in [-0.2, -0.15) is 0 Å². The maximum atomic E-state index is 11.0. The number of halogens is 2. The van der Waals surface area contributed by atoms with E-state index in [9.17, 15) is 9.59 Å². The van der Waals surface area contributed by atoms with Crippen LogP contribution in [0.1, 0.15) is 11.1 Å². The molecule has 0 fully saturated rings. The van der Waals surface area contributed by atoms with Crippen molar-refractivity contribution >= 4 is 18.8 Å². The molecular formula is C34H32Cl2N6O6Pt. The van der Waals surface area contributed by atoms with Crippen LogP contribution in [0.15, 0.2) is 120 Å². The average Bonchev–Trinajstić information content (AvgIpc) is 3.16. The molecule has 12 nitrogen and oxygen atoms in total. The number of H-pyrrole nitrogens is 2. The molecule has 6 aromatic heterocycles. The molecule has 0 spiro atoms. The van der Waals surface area contributed by atoms with Gasteiger partial charge in [0.25, 0.3) is 0 Å². The molecule has 6 rings (SSSR count). The van der Waals surface area contributed by atoms with Crippen LogP contribution in [-0.4, -0.2) is 54.3 Å². The minimum absolute atomic E-state index is 0.000507. The van der Waals surface area contributed by atoms with Crippen molar-refractivity contribution in [2.75, 3.05) is 14.2 Å². The standard InChI is InChI=1S/2C12H12N2O2.C10H8N2O2.2ClH.Pt/c2*1-16-10-3-5-14-12(7-10)11-6-9(8-15)2-4-13-11;13-7-1-3-11-9(5-7)10-6-8(14)2-4-12-10;;;/h2*2-7,15H,8H2,1H3;1-6H,(H,11,13)(H,12,14);2*1H;/q;;;;;+2/p-2. The Balaban J connectivity index is 0.000000192. The van der Waals surface area contributed by atoms with E-state index in [0.717, 1.165) is 45.4 Å². The molecule has 0 atom stereocenters. The Bertz CT molecular complexity index is 1780. The van der Waals surface area contributed by atoms with E-state index in [1.807, 2.05) is 24.3 Å². The van der Waals surface area contributed by atoms with Crippen LogP contribution in [-0.2, 0) is 29.7 Å². The van der Waals surface area contributed by atoms with Gasteiger partial charge in [-0.1, -0.05) is 0 Å². The summed E-state index contributed by atoms with van der Waals surface area (Å²) in [6.45, 7) is -0.00101. The van der Waals surface area contributed by atoms with E-state index < -0.39 is 16.5 Å². The van der Waals surface area contributed by atoms with E-state index >= 15 is 0 Å². The number of aliphatic hydroxyl groups excluding tert-OH is 2. The van der Waals surface area contributed by atoms with Gasteiger partial charge in [-0.15, -0.1) is 0 Å². The van der Waals surface area contributed by atoms with E-state index in [0.29, 0.717) is 11.4 Å². The first-order valence-corrected chi connectivity index (χ1v) is 19.8.